The summed E-state index contributed by atoms with van der Waals surface area (Å²) in [6.07, 6.45) is 0.139. The van der Waals surface area contributed by atoms with Crippen molar-refractivity contribution in [2.75, 3.05) is 12.4 Å². The van der Waals surface area contributed by atoms with Gasteiger partial charge in [0.05, 0.1) is 18.1 Å². The number of carbonyl (C=O) groups is 2. The first kappa shape index (κ1) is 15.7. The molecule has 2 aromatic carbocycles. The Morgan fingerprint density at radius 2 is 2.00 bits per heavy atom. The molecule has 3 aromatic rings. The lowest BCUT2D eigenvalue weighted by Crippen LogP contribution is -2.33. The minimum Gasteiger partial charge on any atom is -0.497 e. The van der Waals surface area contributed by atoms with Crippen molar-refractivity contribution in [2.45, 2.75) is 16.8 Å². The highest BCUT2D eigenvalue weighted by Crippen LogP contribution is 2.34. The molecule has 6 nitrogen and oxygen atoms in total. The first-order chi connectivity index (χ1) is 12.2. The lowest BCUT2D eigenvalue weighted by molar-refractivity contribution is -0.115. The van der Waals surface area contributed by atoms with Crippen LogP contribution >= 0.6 is 11.8 Å². The minimum absolute atomic E-state index is 0.114. The third-order valence-electron chi connectivity index (χ3n) is 4.04. The number of carbonyl (C=O) groups excluding carboxylic acids is 2. The van der Waals surface area contributed by atoms with Gasteiger partial charge in [-0.1, -0.05) is 23.9 Å². The first-order valence-corrected chi connectivity index (χ1v) is 8.66. The van der Waals surface area contributed by atoms with Crippen LogP contribution in [0.25, 0.3) is 11.0 Å². The monoisotopic (exact) mass is 353 g/mol. The van der Waals surface area contributed by atoms with Gasteiger partial charge in [-0.25, -0.2) is 4.98 Å². The molecule has 0 aliphatic carbocycles. The van der Waals surface area contributed by atoms with Crippen LogP contribution in [-0.4, -0.2) is 33.7 Å². The van der Waals surface area contributed by atoms with E-state index in [1.807, 2.05) is 24.3 Å². The molecule has 0 saturated carbocycles. The summed E-state index contributed by atoms with van der Waals surface area (Å²) in [5.74, 6) is 0.396. The number of rotatable bonds is 3. The Hall–Kier alpha value is -2.80. The number of anilines is 1. The fourth-order valence-electron chi connectivity index (χ4n) is 2.79. The van der Waals surface area contributed by atoms with Crippen LogP contribution in [0.5, 0.6) is 5.75 Å². The minimum atomic E-state index is -0.501. The molecule has 25 heavy (non-hydrogen) atoms. The van der Waals surface area contributed by atoms with Crippen molar-refractivity contribution in [3.05, 3.63) is 48.5 Å². The third-order valence-corrected chi connectivity index (χ3v) is 5.19. The Labute approximate surface area is 148 Å². The van der Waals surface area contributed by atoms with Crippen LogP contribution in [-0.2, 0) is 4.79 Å². The van der Waals surface area contributed by atoms with Crippen LogP contribution in [0.15, 0.2) is 53.7 Å². The number of hydrogen-bond acceptors (Lipinski definition) is 5. The van der Waals surface area contributed by atoms with Gasteiger partial charge in [0.1, 0.15) is 11.0 Å². The second-order valence-corrected chi connectivity index (χ2v) is 6.81. The summed E-state index contributed by atoms with van der Waals surface area (Å²) < 4.78 is 6.69. The molecule has 0 spiro atoms. The predicted octanol–water partition coefficient (Wildman–Crippen LogP) is 3.19. The quantitative estimate of drug-likeness (QED) is 0.783. The molecule has 1 N–H and O–H groups in total. The van der Waals surface area contributed by atoms with Gasteiger partial charge in [0.15, 0.2) is 5.16 Å². The summed E-state index contributed by atoms with van der Waals surface area (Å²) in [5, 5.41) is 2.90. The maximum absolute atomic E-state index is 12.5. The van der Waals surface area contributed by atoms with E-state index in [9.17, 15) is 9.59 Å². The van der Waals surface area contributed by atoms with Gasteiger partial charge in [0, 0.05) is 12.1 Å². The van der Waals surface area contributed by atoms with E-state index < -0.39 is 5.25 Å². The Kier molecular flexibility index (Phi) is 3.93. The number of hydrogen-bond donors (Lipinski definition) is 1. The standard InChI is InChI=1S/C18H15N3O3S/c1-24-12-8-6-11(7-9-12)19-17(23)15-10-16(22)21-14-5-3-2-4-13(14)20-18(21)25-15/h2-9,15H,10H2,1H3,(H,19,23). The second kappa shape index (κ2) is 6.25. The van der Waals surface area contributed by atoms with E-state index in [2.05, 4.69) is 10.3 Å². The van der Waals surface area contributed by atoms with Crippen molar-refractivity contribution in [2.24, 2.45) is 0 Å². The molecular formula is C18H15N3O3S. The highest BCUT2D eigenvalue weighted by atomic mass is 32.2. The Bertz CT molecular complexity index is 965. The van der Waals surface area contributed by atoms with Crippen molar-refractivity contribution in [1.29, 1.82) is 0 Å². The van der Waals surface area contributed by atoms with E-state index in [0.29, 0.717) is 16.6 Å². The molecular weight excluding hydrogens is 338 g/mol. The normalized spacial score (nSPS) is 16.5. The number of aromatic nitrogens is 2. The smallest absolute Gasteiger partial charge is 0.238 e. The average molecular weight is 353 g/mol. The van der Waals surface area contributed by atoms with Crippen LogP contribution in [0.2, 0.25) is 0 Å². The van der Waals surface area contributed by atoms with Gasteiger partial charge in [-0.3, -0.25) is 14.2 Å². The number of nitrogens with one attached hydrogen (secondary N) is 1. The van der Waals surface area contributed by atoms with Gasteiger partial charge < -0.3 is 10.1 Å². The van der Waals surface area contributed by atoms with Gasteiger partial charge in [-0.2, -0.15) is 0 Å². The highest BCUT2D eigenvalue weighted by Gasteiger charge is 2.33. The molecule has 0 radical (unpaired) electrons. The van der Waals surface area contributed by atoms with E-state index >= 15 is 0 Å². The largest absolute Gasteiger partial charge is 0.497 e. The molecule has 1 unspecified atom stereocenters. The molecule has 1 aromatic heterocycles. The summed E-state index contributed by atoms with van der Waals surface area (Å²) in [5.41, 5.74) is 2.21. The Balaban J connectivity index is 1.55. The fraction of sp³-hybridized carbons (Fsp3) is 0.167. The molecule has 7 heteroatoms. The van der Waals surface area contributed by atoms with Crippen molar-refractivity contribution in [3.8, 4) is 5.75 Å². The van der Waals surface area contributed by atoms with Crippen LogP contribution < -0.4 is 10.1 Å². The van der Waals surface area contributed by atoms with E-state index in [1.54, 1.807) is 35.9 Å². The topological polar surface area (TPSA) is 73.2 Å². The van der Waals surface area contributed by atoms with Gasteiger partial charge >= 0.3 is 0 Å². The predicted molar refractivity (Wildman–Crippen MR) is 96.2 cm³/mol. The maximum Gasteiger partial charge on any atom is 0.238 e. The summed E-state index contributed by atoms with van der Waals surface area (Å²) in [7, 11) is 1.59. The molecule has 0 bridgehead atoms. The van der Waals surface area contributed by atoms with Crippen molar-refractivity contribution in [3.63, 3.8) is 0 Å². The number of ether oxygens (including phenoxy) is 1. The molecule has 1 atom stereocenters. The molecule has 1 aliphatic rings. The molecule has 2 heterocycles. The van der Waals surface area contributed by atoms with Crippen LogP contribution in [0.4, 0.5) is 5.69 Å². The van der Waals surface area contributed by atoms with Crippen molar-refractivity contribution in [1.82, 2.24) is 9.55 Å². The van der Waals surface area contributed by atoms with E-state index in [-0.39, 0.29) is 18.2 Å². The number of thioether (sulfide) groups is 1. The molecule has 1 aliphatic heterocycles. The molecule has 0 saturated heterocycles. The number of benzene rings is 2. The van der Waals surface area contributed by atoms with E-state index in [4.69, 9.17) is 4.74 Å². The molecule has 1 amide bonds. The maximum atomic E-state index is 12.5. The zero-order valence-corrected chi connectivity index (χ0v) is 14.2. The van der Waals surface area contributed by atoms with Crippen LogP contribution in [0.1, 0.15) is 11.2 Å². The number of amides is 1. The molecule has 126 valence electrons. The Morgan fingerprint density at radius 3 is 2.76 bits per heavy atom. The Morgan fingerprint density at radius 1 is 1.24 bits per heavy atom. The van der Waals surface area contributed by atoms with Gasteiger partial charge in [0.2, 0.25) is 11.8 Å². The number of imidazole rings is 1. The van der Waals surface area contributed by atoms with Crippen LogP contribution in [0, 0.1) is 0 Å². The second-order valence-electron chi connectivity index (χ2n) is 5.64. The number of methoxy groups -OCH3 is 1. The summed E-state index contributed by atoms with van der Waals surface area (Å²) in [4.78, 5) is 29.5. The summed E-state index contributed by atoms with van der Waals surface area (Å²) in [6, 6.07) is 14.6. The zero-order valence-electron chi connectivity index (χ0n) is 13.4. The van der Waals surface area contributed by atoms with Gasteiger partial charge in [-0.05, 0) is 36.4 Å². The van der Waals surface area contributed by atoms with Crippen molar-refractivity contribution >= 4 is 40.3 Å². The lowest BCUT2D eigenvalue weighted by Gasteiger charge is -2.21. The number of para-hydroxylation sites is 2. The van der Waals surface area contributed by atoms with Crippen molar-refractivity contribution < 1.29 is 14.3 Å². The van der Waals surface area contributed by atoms with Gasteiger partial charge in [-0.15, -0.1) is 0 Å². The zero-order chi connectivity index (χ0) is 17.4. The SMILES string of the molecule is COc1ccc(NC(=O)C2CC(=O)n3c(nc4ccccc43)S2)cc1. The lowest BCUT2D eigenvalue weighted by atomic mass is 10.2. The number of nitrogens with zero attached hydrogens (tertiary/aromatic N) is 2. The van der Waals surface area contributed by atoms with Crippen LogP contribution in [0.3, 0.4) is 0 Å². The fourth-order valence-corrected chi connectivity index (χ4v) is 3.89. The summed E-state index contributed by atoms with van der Waals surface area (Å²) in [6.45, 7) is 0. The first-order valence-electron chi connectivity index (χ1n) is 7.78. The highest BCUT2D eigenvalue weighted by molar-refractivity contribution is 8.00. The average Bonchev–Trinajstić information content (AvgIpc) is 3.01. The van der Waals surface area contributed by atoms with E-state index in [1.165, 1.54) is 11.8 Å². The summed E-state index contributed by atoms with van der Waals surface area (Å²) >= 11 is 1.32. The number of fused-ring (bicyclic) bond motifs is 3. The molecule has 4 rings (SSSR count). The van der Waals surface area contributed by atoms with Gasteiger partial charge in [0.25, 0.3) is 0 Å². The molecule has 0 fully saturated rings. The third kappa shape index (κ3) is 2.87. The van der Waals surface area contributed by atoms with E-state index in [0.717, 1.165) is 11.0 Å².